The molecule has 15 heteroatoms. The Balaban J connectivity index is 1.08. The van der Waals surface area contributed by atoms with Crippen LogP contribution in [0.3, 0.4) is 0 Å². The van der Waals surface area contributed by atoms with E-state index in [1.807, 2.05) is 29.2 Å². The van der Waals surface area contributed by atoms with Gasteiger partial charge in [0.2, 0.25) is 0 Å². The van der Waals surface area contributed by atoms with Crippen LogP contribution in [0.5, 0.6) is 5.75 Å². The van der Waals surface area contributed by atoms with E-state index in [9.17, 15) is 27.9 Å². The molecular weight excluding hydrogens is 683 g/mol. The molecule has 1 atom stereocenters. The monoisotopic (exact) mass is 732 g/mol. The summed E-state index contributed by atoms with van der Waals surface area (Å²) >= 11 is 0. The van der Waals surface area contributed by atoms with Crippen molar-refractivity contribution in [1.29, 1.82) is 0 Å². The highest BCUT2D eigenvalue weighted by atomic mass is 32.2. The highest BCUT2D eigenvalue weighted by molar-refractivity contribution is 7.87. The Labute approximate surface area is 307 Å². The molecule has 3 fully saturated rings. The number of fused-ring (bicyclic) bond motifs is 1. The summed E-state index contributed by atoms with van der Waals surface area (Å²) < 4.78 is 34.4. The first-order valence-corrected chi connectivity index (χ1v) is 19.7. The number of ether oxygens (including phenoxy) is 1. The minimum absolute atomic E-state index is 0.0330. The predicted molar refractivity (Wildman–Crippen MR) is 200 cm³/mol. The highest BCUT2D eigenvalue weighted by Gasteiger charge is 2.38. The second-order valence-electron chi connectivity index (χ2n) is 14.3. The summed E-state index contributed by atoms with van der Waals surface area (Å²) in [6.07, 6.45) is 4.88. The van der Waals surface area contributed by atoms with Gasteiger partial charge in [-0.3, -0.25) is 4.79 Å². The van der Waals surface area contributed by atoms with Crippen LogP contribution in [-0.4, -0.2) is 123 Å². The summed E-state index contributed by atoms with van der Waals surface area (Å²) in [5.74, 6) is 0.368. The third-order valence-corrected chi connectivity index (χ3v) is 12.9. The van der Waals surface area contributed by atoms with Gasteiger partial charge in [-0.15, -0.1) is 0 Å². The molecule has 6 rings (SSSR count). The molecule has 3 saturated heterocycles. The first-order chi connectivity index (χ1) is 25.0. The molecule has 52 heavy (non-hydrogen) atoms. The van der Waals surface area contributed by atoms with Crippen molar-refractivity contribution < 1.29 is 32.6 Å². The van der Waals surface area contributed by atoms with E-state index in [0.717, 1.165) is 43.4 Å². The number of rotatable bonds is 9. The van der Waals surface area contributed by atoms with Gasteiger partial charge in [-0.25, -0.2) is 14.3 Å². The van der Waals surface area contributed by atoms with Crippen molar-refractivity contribution in [3.05, 3.63) is 59.7 Å². The van der Waals surface area contributed by atoms with Gasteiger partial charge in [-0.2, -0.15) is 12.7 Å². The second kappa shape index (κ2) is 16.3. The molecular formula is C37H49BN6O7S. The fraction of sp³-hybridized carbons (Fsp3) is 0.541. The normalized spacial score (nSPS) is 20.5. The van der Waals surface area contributed by atoms with Crippen molar-refractivity contribution >= 4 is 53.3 Å². The lowest BCUT2D eigenvalue weighted by molar-refractivity contribution is -0.142. The number of benzene rings is 2. The number of carbonyl (C=O) groups excluding carboxylic acids is 3. The van der Waals surface area contributed by atoms with Crippen LogP contribution in [0.4, 0.5) is 15.3 Å². The molecule has 0 bridgehead atoms. The minimum Gasteiger partial charge on any atom is -0.508 e. The molecule has 0 spiro atoms. The maximum atomic E-state index is 14.1. The number of aromatic hydroxyl groups is 1. The van der Waals surface area contributed by atoms with E-state index in [4.69, 9.17) is 12.6 Å². The lowest BCUT2D eigenvalue weighted by Crippen LogP contribution is -2.52. The van der Waals surface area contributed by atoms with Crippen LogP contribution in [0.2, 0.25) is 0 Å². The maximum absolute atomic E-state index is 14.1. The Bertz CT molecular complexity index is 1750. The largest absolute Gasteiger partial charge is 0.508 e. The number of urea groups is 1. The third kappa shape index (κ3) is 8.42. The molecule has 3 N–H and O–H groups in total. The van der Waals surface area contributed by atoms with Gasteiger partial charge in [0, 0.05) is 76.6 Å². The Morgan fingerprint density at radius 2 is 1.63 bits per heavy atom. The van der Waals surface area contributed by atoms with Gasteiger partial charge in [-0.05, 0) is 80.0 Å². The van der Waals surface area contributed by atoms with Crippen LogP contribution in [-0.2, 0) is 32.6 Å². The van der Waals surface area contributed by atoms with E-state index < -0.39 is 22.4 Å². The third-order valence-electron chi connectivity index (χ3n) is 11.3. The molecule has 0 aromatic heterocycles. The average Bonchev–Trinajstić information content (AvgIpc) is 3.33. The van der Waals surface area contributed by atoms with Crippen molar-refractivity contribution in [2.24, 2.45) is 11.8 Å². The average molecular weight is 733 g/mol. The van der Waals surface area contributed by atoms with E-state index in [1.165, 1.54) is 17.4 Å². The number of nitrogens with one attached hydrogen (secondary N) is 2. The van der Waals surface area contributed by atoms with Gasteiger partial charge in [0.05, 0.1) is 0 Å². The SMILES string of the molecule is [B]c1cc(C[C@@H](OC(=O)N2CCC(N3CCc4ccccc4NC3=O)CC2)C(=O)N2CCC(C3CCN(S(=O)(=O)NC)CC3)CC2)cc(C=C)c1O. The number of likely N-dealkylation sites (tertiary alicyclic amines) is 2. The molecule has 4 aliphatic heterocycles. The zero-order valence-electron chi connectivity index (χ0n) is 29.8. The lowest BCUT2D eigenvalue weighted by atomic mass is 9.79. The first kappa shape index (κ1) is 37.7. The van der Waals surface area contributed by atoms with Gasteiger partial charge >= 0.3 is 12.1 Å². The number of para-hydroxylation sites is 1. The number of hydrogen-bond acceptors (Lipinski definition) is 7. The van der Waals surface area contributed by atoms with E-state index in [1.54, 1.807) is 21.9 Å². The zero-order chi connectivity index (χ0) is 37.0. The van der Waals surface area contributed by atoms with Crippen LogP contribution in [0, 0.1) is 11.8 Å². The molecule has 0 saturated carbocycles. The fourth-order valence-electron chi connectivity index (χ4n) is 8.22. The number of hydrogen-bond donors (Lipinski definition) is 3. The van der Waals surface area contributed by atoms with E-state index in [0.29, 0.717) is 81.6 Å². The van der Waals surface area contributed by atoms with Crippen LogP contribution in [0.25, 0.3) is 6.08 Å². The minimum atomic E-state index is -3.44. The van der Waals surface area contributed by atoms with Crippen molar-refractivity contribution in [1.82, 2.24) is 23.7 Å². The molecule has 0 aliphatic carbocycles. The number of piperidine rings is 3. The molecule has 4 aliphatic rings. The highest BCUT2D eigenvalue weighted by Crippen LogP contribution is 2.34. The van der Waals surface area contributed by atoms with Gasteiger partial charge in [0.1, 0.15) is 13.6 Å². The Morgan fingerprint density at radius 3 is 2.29 bits per heavy atom. The van der Waals surface area contributed by atoms with Crippen molar-refractivity contribution in [2.75, 3.05) is 58.2 Å². The summed E-state index contributed by atoms with van der Waals surface area (Å²) in [5.41, 5.74) is 3.11. The van der Waals surface area contributed by atoms with Crippen molar-refractivity contribution in [3.63, 3.8) is 0 Å². The molecule has 13 nitrogen and oxygen atoms in total. The number of anilines is 1. The van der Waals surface area contributed by atoms with Gasteiger partial charge in [0.15, 0.2) is 6.10 Å². The second-order valence-corrected chi connectivity index (χ2v) is 16.1. The molecule has 4 amide bonds. The van der Waals surface area contributed by atoms with E-state index in [2.05, 4.69) is 16.6 Å². The van der Waals surface area contributed by atoms with Crippen LogP contribution < -0.4 is 15.5 Å². The lowest BCUT2D eigenvalue weighted by Gasteiger charge is -2.40. The molecule has 0 unspecified atom stereocenters. The van der Waals surface area contributed by atoms with Gasteiger partial charge in [0.25, 0.3) is 16.1 Å². The first-order valence-electron chi connectivity index (χ1n) is 18.3. The number of nitrogens with zero attached hydrogens (tertiary/aromatic N) is 4. The molecule has 2 radical (unpaired) electrons. The number of amides is 4. The standard InChI is InChI=1S/C37H49BN6O7S/c1-3-26-22-25(23-31(38)34(26)45)24-33(35(46)41-15-8-27(9-16-41)28-10-19-43(20-11-28)52(49,50)39-2)51-37(48)42-17-13-30(14-18-42)44-21-12-29-6-4-5-7-32(29)40-36(44)47/h3-7,22-23,27-28,30,33,39,45H,1,8-21,24H2,2H3,(H,40,47)/t33-/m1/s1. The van der Waals surface area contributed by atoms with Gasteiger partial charge in [-0.1, -0.05) is 42.4 Å². The predicted octanol–water partition coefficient (Wildman–Crippen LogP) is 2.85. The summed E-state index contributed by atoms with van der Waals surface area (Å²) in [5, 5.41) is 13.4. The fourth-order valence-corrected chi connectivity index (χ4v) is 9.17. The number of phenols is 1. The van der Waals surface area contributed by atoms with Crippen LogP contribution in [0.15, 0.2) is 43.0 Å². The van der Waals surface area contributed by atoms with E-state index in [-0.39, 0.29) is 35.6 Å². The number of phenolic OH excluding ortho intramolecular Hbond substituents is 1. The molecule has 2 aromatic rings. The van der Waals surface area contributed by atoms with Crippen LogP contribution in [0.1, 0.15) is 55.2 Å². The van der Waals surface area contributed by atoms with Crippen LogP contribution >= 0.6 is 0 Å². The van der Waals surface area contributed by atoms with E-state index >= 15 is 0 Å². The quantitative estimate of drug-likeness (QED) is 0.336. The summed E-state index contributed by atoms with van der Waals surface area (Å²) in [7, 11) is 4.06. The zero-order valence-corrected chi connectivity index (χ0v) is 30.7. The topological polar surface area (TPSA) is 152 Å². The van der Waals surface area contributed by atoms with Crippen molar-refractivity contribution in [3.8, 4) is 5.75 Å². The molecule has 4 heterocycles. The Hall–Kier alpha value is -4.08. The Morgan fingerprint density at radius 1 is 1.00 bits per heavy atom. The smallest absolute Gasteiger partial charge is 0.410 e. The maximum Gasteiger partial charge on any atom is 0.410 e. The Kier molecular flexibility index (Phi) is 11.8. The number of carbonyl (C=O) groups is 3. The van der Waals surface area contributed by atoms with Gasteiger partial charge < -0.3 is 29.9 Å². The summed E-state index contributed by atoms with van der Waals surface area (Å²) in [6.45, 7) is 7.08. The van der Waals surface area contributed by atoms with Crippen molar-refractivity contribution in [2.45, 2.75) is 63.5 Å². The molecule has 2 aromatic carbocycles. The molecule has 278 valence electrons. The summed E-state index contributed by atoms with van der Waals surface area (Å²) in [4.78, 5) is 46.1. The summed E-state index contributed by atoms with van der Waals surface area (Å²) in [6, 6.07) is 10.9.